The first-order valence-corrected chi connectivity index (χ1v) is 8.17. The maximum absolute atomic E-state index is 11.8. The van der Waals surface area contributed by atoms with E-state index in [2.05, 4.69) is 10.2 Å². The largest absolute Gasteiger partial charge is 0.444 e. The Balaban J connectivity index is 1.70. The third-order valence-corrected chi connectivity index (χ3v) is 4.32. The molecule has 0 aromatic rings. The average Bonchev–Trinajstić information content (AvgIpc) is 2.38. The predicted molar refractivity (Wildman–Crippen MR) is 80.8 cm³/mol. The summed E-state index contributed by atoms with van der Waals surface area (Å²) < 4.78 is 5.32. The second-order valence-corrected chi connectivity index (χ2v) is 7.25. The first kappa shape index (κ1) is 15.6. The van der Waals surface area contributed by atoms with Crippen molar-refractivity contribution < 1.29 is 9.53 Å². The van der Waals surface area contributed by atoms with E-state index in [0.717, 1.165) is 18.9 Å². The van der Waals surface area contributed by atoms with E-state index in [0.29, 0.717) is 6.04 Å². The van der Waals surface area contributed by atoms with Gasteiger partial charge in [-0.05, 0) is 72.4 Å². The van der Waals surface area contributed by atoms with Crippen molar-refractivity contribution in [2.45, 2.75) is 83.4 Å². The van der Waals surface area contributed by atoms with E-state index < -0.39 is 5.60 Å². The zero-order valence-electron chi connectivity index (χ0n) is 13.3. The minimum Gasteiger partial charge on any atom is -0.444 e. The van der Waals surface area contributed by atoms with Crippen LogP contribution >= 0.6 is 0 Å². The Hall–Kier alpha value is -0.770. The summed E-state index contributed by atoms with van der Waals surface area (Å²) in [6.45, 7) is 8.25. The van der Waals surface area contributed by atoms with Gasteiger partial charge in [0.1, 0.15) is 5.60 Å². The second-order valence-electron chi connectivity index (χ2n) is 7.25. The summed E-state index contributed by atoms with van der Waals surface area (Å²) >= 11 is 0. The fourth-order valence-electron chi connectivity index (χ4n) is 3.34. The number of amides is 1. The molecule has 0 aromatic carbocycles. The fraction of sp³-hybridized carbons (Fsp3) is 0.938. The predicted octanol–water partition coefficient (Wildman–Crippen LogP) is 3.31. The summed E-state index contributed by atoms with van der Waals surface area (Å²) in [6.07, 6.45) is 8.43. The highest BCUT2D eigenvalue weighted by atomic mass is 16.6. The topological polar surface area (TPSA) is 41.6 Å². The Morgan fingerprint density at radius 2 is 1.65 bits per heavy atom. The maximum Gasteiger partial charge on any atom is 0.407 e. The van der Waals surface area contributed by atoms with Crippen LogP contribution in [0.25, 0.3) is 0 Å². The van der Waals surface area contributed by atoms with Gasteiger partial charge in [-0.1, -0.05) is 6.42 Å². The Morgan fingerprint density at radius 3 is 2.20 bits per heavy atom. The minimum absolute atomic E-state index is 0.265. The number of rotatable bonds is 2. The molecule has 4 heteroatoms. The molecule has 0 bridgehead atoms. The molecule has 1 aliphatic carbocycles. The molecule has 2 fully saturated rings. The third kappa shape index (κ3) is 4.97. The van der Waals surface area contributed by atoms with E-state index in [9.17, 15) is 4.79 Å². The van der Waals surface area contributed by atoms with Crippen molar-refractivity contribution in [1.29, 1.82) is 0 Å². The van der Waals surface area contributed by atoms with Crippen molar-refractivity contribution in [1.82, 2.24) is 10.2 Å². The number of nitrogens with zero attached hydrogens (tertiary/aromatic N) is 1. The number of hydrogen-bond donors (Lipinski definition) is 1. The number of alkyl carbamates (subject to hydrolysis) is 1. The molecule has 0 aromatic heterocycles. The van der Waals surface area contributed by atoms with E-state index in [4.69, 9.17) is 4.74 Å². The van der Waals surface area contributed by atoms with Crippen molar-refractivity contribution >= 4 is 6.09 Å². The second kappa shape index (κ2) is 6.79. The number of carbonyl (C=O) groups is 1. The van der Waals surface area contributed by atoms with Crippen LogP contribution < -0.4 is 5.32 Å². The van der Waals surface area contributed by atoms with Gasteiger partial charge in [0.05, 0.1) is 0 Å². The van der Waals surface area contributed by atoms with Gasteiger partial charge in [-0.3, -0.25) is 0 Å². The first-order valence-electron chi connectivity index (χ1n) is 8.17. The Morgan fingerprint density at radius 1 is 1.05 bits per heavy atom. The van der Waals surface area contributed by atoms with Crippen LogP contribution in [0.15, 0.2) is 0 Å². The first-order chi connectivity index (χ1) is 9.44. The van der Waals surface area contributed by atoms with Gasteiger partial charge in [0.25, 0.3) is 0 Å². The van der Waals surface area contributed by atoms with Gasteiger partial charge >= 0.3 is 6.09 Å². The summed E-state index contributed by atoms with van der Waals surface area (Å²) in [4.78, 5) is 14.4. The normalized spacial score (nSPS) is 28.9. The molecule has 20 heavy (non-hydrogen) atoms. The van der Waals surface area contributed by atoms with E-state index in [1.165, 1.54) is 45.2 Å². The van der Waals surface area contributed by atoms with Crippen molar-refractivity contribution in [3.8, 4) is 0 Å². The fourth-order valence-corrected chi connectivity index (χ4v) is 3.34. The lowest BCUT2D eigenvalue weighted by Gasteiger charge is -2.39. The third-order valence-electron chi connectivity index (χ3n) is 4.32. The lowest BCUT2D eigenvalue weighted by atomic mass is 9.89. The molecule has 1 N–H and O–H groups in total. The zero-order chi connectivity index (χ0) is 14.6. The van der Waals surface area contributed by atoms with Gasteiger partial charge < -0.3 is 15.0 Å². The molecular weight excluding hydrogens is 252 g/mol. The molecular formula is C16H30N2O2. The molecule has 2 rings (SSSR count). The SMILES string of the molecule is CC(C)(C)OC(=O)NC1CCC(N2CCCCC2)CC1. The van der Waals surface area contributed by atoms with Gasteiger partial charge in [-0.25, -0.2) is 4.79 Å². The highest BCUT2D eigenvalue weighted by Crippen LogP contribution is 2.25. The Labute approximate surface area is 123 Å². The van der Waals surface area contributed by atoms with Crippen molar-refractivity contribution in [2.75, 3.05) is 13.1 Å². The highest BCUT2D eigenvalue weighted by molar-refractivity contribution is 5.68. The highest BCUT2D eigenvalue weighted by Gasteiger charge is 2.28. The van der Waals surface area contributed by atoms with Crippen LogP contribution in [0.1, 0.15) is 65.7 Å². The maximum atomic E-state index is 11.8. The van der Waals surface area contributed by atoms with E-state index >= 15 is 0 Å². The molecule has 0 unspecified atom stereocenters. The summed E-state index contributed by atoms with van der Waals surface area (Å²) in [7, 11) is 0. The average molecular weight is 282 g/mol. The van der Waals surface area contributed by atoms with Crippen molar-refractivity contribution in [2.24, 2.45) is 0 Å². The molecule has 1 saturated heterocycles. The van der Waals surface area contributed by atoms with Crippen LogP contribution in [-0.2, 0) is 4.74 Å². The molecule has 0 radical (unpaired) electrons. The number of carbonyl (C=O) groups excluding carboxylic acids is 1. The monoisotopic (exact) mass is 282 g/mol. The molecule has 2 aliphatic rings. The van der Waals surface area contributed by atoms with Crippen LogP contribution in [0.3, 0.4) is 0 Å². The smallest absolute Gasteiger partial charge is 0.407 e. The minimum atomic E-state index is -0.408. The van der Waals surface area contributed by atoms with Gasteiger partial charge in [0.15, 0.2) is 0 Å². The van der Waals surface area contributed by atoms with Gasteiger partial charge in [0, 0.05) is 12.1 Å². The van der Waals surface area contributed by atoms with Gasteiger partial charge in [0.2, 0.25) is 0 Å². The van der Waals surface area contributed by atoms with Crippen LogP contribution in [0, 0.1) is 0 Å². The molecule has 0 spiro atoms. The number of nitrogens with one attached hydrogen (secondary N) is 1. The van der Waals surface area contributed by atoms with Crippen LogP contribution in [0.5, 0.6) is 0 Å². The summed E-state index contributed by atoms with van der Waals surface area (Å²) in [5, 5.41) is 3.02. The van der Waals surface area contributed by atoms with E-state index in [1.54, 1.807) is 0 Å². The zero-order valence-corrected chi connectivity index (χ0v) is 13.3. The molecule has 1 amide bonds. The Bertz CT molecular complexity index is 311. The van der Waals surface area contributed by atoms with Crippen molar-refractivity contribution in [3.63, 3.8) is 0 Å². The van der Waals surface area contributed by atoms with Crippen LogP contribution in [0.4, 0.5) is 4.79 Å². The summed E-state index contributed by atoms with van der Waals surface area (Å²) in [6, 6.07) is 1.04. The molecule has 0 atom stereocenters. The molecule has 1 saturated carbocycles. The lowest BCUT2D eigenvalue weighted by Crippen LogP contribution is -2.46. The molecule has 1 aliphatic heterocycles. The van der Waals surface area contributed by atoms with Crippen LogP contribution in [0.2, 0.25) is 0 Å². The molecule has 1 heterocycles. The molecule has 4 nitrogen and oxygen atoms in total. The number of piperidine rings is 1. The lowest BCUT2D eigenvalue weighted by molar-refractivity contribution is 0.0472. The quantitative estimate of drug-likeness (QED) is 0.845. The molecule has 116 valence electrons. The van der Waals surface area contributed by atoms with Gasteiger partial charge in [-0.2, -0.15) is 0 Å². The summed E-state index contributed by atoms with van der Waals surface area (Å²) in [5.41, 5.74) is -0.408. The number of hydrogen-bond acceptors (Lipinski definition) is 3. The summed E-state index contributed by atoms with van der Waals surface area (Å²) in [5.74, 6) is 0. The van der Waals surface area contributed by atoms with E-state index in [-0.39, 0.29) is 6.09 Å². The Kier molecular flexibility index (Phi) is 5.30. The standard InChI is InChI=1S/C16H30N2O2/c1-16(2,3)20-15(19)17-13-7-9-14(10-8-13)18-11-5-4-6-12-18/h13-14H,4-12H2,1-3H3,(H,17,19). The number of ether oxygens (including phenoxy) is 1. The van der Waals surface area contributed by atoms with E-state index in [1.807, 2.05) is 20.8 Å². The van der Waals surface area contributed by atoms with Gasteiger partial charge in [-0.15, -0.1) is 0 Å². The van der Waals surface area contributed by atoms with Crippen LogP contribution in [-0.4, -0.2) is 41.8 Å². The van der Waals surface area contributed by atoms with Crippen molar-refractivity contribution in [3.05, 3.63) is 0 Å². The number of likely N-dealkylation sites (tertiary alicyclic amines) is 1.